The number of nitrogens with two attached hydrogens (primary N) is 1. The summed E-state index contributed by atoms with van der Waals surface area (Å²) >= 11 is 5.11. The Morgan fingerprint density at radius 3 is 2.86 bits per heavy atom. The number of benzene rings is 1. The van der Waals surface area contributed by atoms with Crippen LogP contribution in [0.2, 0.25) is 0 Å². The van der Waals surface area contributed by atoms with Gasteiger partial charge in [0.2, 0.25) is 5.91 Å². The highest BCUT2D eigenvalue weighted by Gasteiger charge is 2.50. The molecule has 1 aliphatic carbocycles. The van der Waals surface area contributed by atoms with Gasteiger partial charge in [-0.2, -0.15) is 0 Å². The van der Waals surface area contributed by atoms with Crippen molar-refractivity contribution in [2.75, 3.05) is 5.32 Å². The summed E-state index contributed by atoms with van der Waals surface area (Å²) in [7, 11) is 0. The number of nitrogens with zero attached hydrogens (tertiary/aromatic N) is 1. The molecule has 1 amide bonds. The first kappa shape index (κ1) is 13.9. The lowest BCUT2D eigenvalue weighted by Gasteiger charge is -2.44. The zero-order chi connectivity index (χ0) is 15.0. The number of rotatable bonds is 3. The summed E-state index contributed by atoms with van der Waals surface area (Å²) in [5.41, 5.74) is 6.76. The van der Waals surface area contributed by atoms with Gasteiger partial charge in [0.15, 0.2) is 0 Å². The van der Waals surface area contributed by atoms with Gasteiger partial charge in [-0.1, -0.05) is 25.2 Å². The van der Waals surface area contributed by atoms with Crippen molar-refractivity contribution in [3.05, 3.63) is 36.5 Å². The Bertz CT molecular complexity index is 722. The van der Waals surface area contributed by atoms with Crippen molar-refractivity contribution in [3.63, 3.8) is 0 Å². The Kier molecular flexibility index (Phi) is 3.37. The molecule has 0 aliphatic heterocycles. The first-order valence-electron chi connectivity index (χ1n) is 6.97. The van der Waals surface area contributed by atoms with E-state index in [0.717, 1.165) is 29.4 Å². The van der Waals surface area contributed by atoms with Crippen molar-refractivity contribution in [3.8, 4) is 0 Å². The molecule has 1 aliphatic rings. The zero-order valence-electron chi connectivity index (χ0n) is 11.8. The van der Waals surface area contributed by atoms with Gasteiger partial charge in [-0.3, -0.25) is 9.78 Å². The number of nitrogens with one attached hydrogen (secondary N) is 1. The minimum Gasteiger partial charge on any atom is -0.392 e. The molecule has 1 saturated carbocycles. The number of hydrogen-bond acceptors (Lipinski definition) is 3. The van der Waals surface area contributed by atoms with Gasteiger partial charge in [-0.25, -0.2) is 0 Å². The topological polar surface area (TPSA) is 68.0 Å². The number of carbonyl (C=O) groups excluding carboxylic acids is 1. The van der Waals surface area contributed by atoms with E-state index in [1.165, 1.54) is 0 Å². The fourth-order valence-corrected chi connectivity index (χ4v) is 3.29. The SMILES string of the molecule is CC1CC(C(=O)Nc2ccc3ncccc3c2)(C(N)=S)C1. The van der Waals surface area contributed by atoms with Gasteiger partial charge < -0.3 is 11.1 Å². The van der Waals surface area contributed by atoms with E-state index in [2.05, 4.69) is 17.2 Å². The van der Waals surface area contributed by atoms with Gasteiger partial charge in [-0.15, -0.1) is 0 Å². The predicted octanol–water partition coefficient (Wildman–Crippen LogP) is 2.88. The van der Waals surface area contributed by atoms with Crippen LogP contribution in [0.1, 0.15) is 19.8 Å². The summed E-state index contributed by atoms with van der Waals surface area (Å²) in [6.07, 6.45) is 3.20. The molecular weight excluding hydrogens is 282 g/mol. The third-order valence-corrected chi connectivity index (χ3v) is 4.55. The standard InChI is InChI=1S/C16H17N3OS/c1-10-8-16(9-10,14(17)21)15(20)19-12-4-5-13-11(7-12)3-2-6-18-13/h2-7,10H,8-9H2,1H3,(H2,17,21)(H,19,20). The van der Waals surface area contributed by atoms with Gasteiger partial charge in [0.25, 0.3) is 0 Å². The molecule has 1 fully saturated rings. The highest BCUT2D eigenvalue weighted by molar-refractivity contribution is 7.80. The molecular formula is C16H17N3OS. The van der Waals surface area contributed by atoms with E-state index in [9.17, 15) is 4.79 Å². The van der Waals surface area contributed by atoms with Crippen LogP contribution in [0.4, 0.5) is 5.69 Å². The molecule has 0 saturated heterocycles. The number of thiocarbonyl (C=S) groups is 1. The highest BCUT2D eigenvalue weighted by Crippen LogP contribution is 2.46. The molecule has 1 aromatic heterocycles. The zero-order valence-corrected chi connectivity index (χ0v) is 12.6. The van der Waals surface area contributed by atoms with Crippen LogP contribution in [0.15, 0.2) is 36.5 Å². The molecule has 5 heteroatoms. The molecule has 0 atom stereocenters. The van der Waals surface area contributed by atoms with Crippen molar-refractivity contribution in [1.29, 1.82) is 0 Å². The lowest BCUT2D eigenvalue weighted by Crippen LogP contribution is -2.53. The van der Waals surface area contributed by atoms with Crippen LogP contribution in [0.25, 0.3) is 10.9 Å². The van der Waals surface area contributed by atoms with E-state index in [1.54, 1.807) is 6.20 Å². The number of carbonyl (C=O) groups is 1. The second-order valence-electron chi connectivity index (χ2n) is 5.82. The van der Waals surface area contributed by atoms with Crippen molar-refractivity contribution in [2.45, 2.75) is 19.8 Å². The minimum atomic E-state index is -0.682. The molecule has 1 aromatic carbocycles. The van der Waals surface area contributed by atoms with Crippen LogP contribution in [0.5, 0.6) is 0 Å². The number of anilines is 1. The van der Waals surface area contributed by atoms with E-state index < -0.39 is 5.41 Å². The van der Waals surface area contributed by atoms with E-state index >= 15 is 0 Å². The molecule has 3 rings (SSSR count). The maximum absolute atomic E-state index is 12.5. The average Bonchev–Trinajstić information content (AvgIpc) is 2.43. The van der Waals surface area contributed by atoms with Gasteiger partial charge >= 0.3 is 0 Å². The summed E-state index contributed by atoms with van der Waals surface area (Å²) in [4.78, 5) is 17.1. The van der Waals surface area contributed by atoms with Crippen molar-refractivity contribution < 1.29 is 4.79 Å². The summed E-state index contributed by atoms with van der Waals surface area (Å²) in [6, 6.07) is 9.49. The maximum atomic E-state index is 12.5. The molecule has 0 bridgehead atoms. The largest absolute Gasteiger partial charge is 0.392 e. The monoisotopic (exact) mass is 299 g/mol. The maximum Gasteiger partial charge on any atom is 0.237 e. The Labute approximate surface area is 128 Å². The highest BCUT2D eigenvalue weighted by atomic mass is 32.1. The van der Waals surface area contributed by atoms with Crippen LogP contribution < -0.4 is 11.1 Å². The fourth-order valence-electron chi connectivity index (χ4n) is 3.03. The Hall–Kier alpha value is -2.01. The third-order valence-electron chi connectivity index (χ3n) is 4.16. The third kappa shape index (κ3) is 2.38. The van der Waals surface area contributed by atoms with Crippen molar-refractivity contribution >= 4 is 39.7 Å². The summed E-state index contributed by atoms with van der Waals surface area (Å²) in [5, 5.41) is 3.93. The Morgan fingerprint density at radius 1 is 1.43 bits per heavy atom. The molecule has 108 valence electrons. The number of aromatic nitrogens is 1. The van der Waals surface area contributed by atoms with Crippen LogP contribution in [0, 0.1) is 11.3 Å². The summed E-state index contributed by atoms with van der Waals surface area (Å²) in [5.74, 6) is 0.384. The van der Waals surface area contributed by atoms with Crippen LogP contribution in [-0.4, -0.2) is 15.9 Å². The van der Waals surface area contributed by atoms with Gasteiger partial charge in [0, 0.05) is 17.3 Å². The van der Waals surface area contributed by atoms with Gasteiger partial charge in [0.05, 0.1) is 15.9 Å². The smallest absolute Gasteiger partial charge is 0.237 e. The normalized spacial score (nSPS) is 24.3. The lowest BCUT2D eigenvalue weighted by molar-refractivity contribution is -0.127. The van der Waals surface area contributed by atoms with Crippen LogP contribution in [-0.2, 0) is 4.79 Å². The number of pyridine rings is 1. The van der Waals surface area contributed by atoms with Gasteiger partial charge in [0.1, 0.15) is 0 Å². The second-order valence-corrected chi connectivity index (χ2v) is 6.26. The van der Waals surface area contributed by atoms with E-state index in [-0.39, 0.29) is 5.91 Å². The number of fused-ring (bicyclic) bond motifs is 1. The molecule has 0 spiro atoms. The van der Waals surface area contributed by atoms with Crippen LogP contribution in [0.3, 0.4) is 0 Å². The number of hydrogen-bond donors (Lipinski definition) is 2. The van der Waals surface area contributed by atoms with E-state index in [1.807, 2.05) is 30.3 Å². The lowest BCUT2D eigenvalue weighted by atomic mass is 9.62. The molecule has 2 aromatic rings. The molecule has 0 unspecified atom stereocenters. The number of amides is 1. The molecule has 0 radical (unpaired) electrons. The predicted molar refractivity (Wildman–Crippen MR) is 88.0 cm³/mol. The van der Waals surface area contributed by atoms with Crippen molar-refractivity contribution in [2.24, 2.45) is 17.1 Å². The fraction of sp³-hybridized carbons (Fsp3) is 0.312. The van der Waals surface area contributed by atoms with Gasteiger partial charge in [-0.05, 0) is 43.0 Å². The second kappa shape index (κ2) is 5.07. The van der Waals surface area contributed by atoms with Crippen LogP contribution >= 0.6 is 12.2 Å². The first-order valence-corrected chi connectivity index (χ1v) is 7.38. The molecule has 3 N–H and O–H groups in total. The van der Waals surface area contributed by atoms with Crippen molar-refractivity contribution in [1.82, 2.24) is 4.98 Å². The summed E-state index contributed by atoms with van der Waals surface area (Å²) < 4.78 is 0. The Morgan fingerprint density at radius 2 is 2.19 bits per heavy atom. The van der Waals surface area contributed by atoms with E-state index in [4.69, 9.17) is 18.0 Å². The quantitative estimate of drug-likeness (QED) is 0.855. The Balaban J connectivity index is 1.84. The molecule has 1 heterocycles. The minimum absolute atomic E-state index is 0.101. The summed E-state index contributed by atoms with van der Waals surface area (Å²) in [6.45, 7) is 2.10. The molecule has 4 nitrogen and oxygen atoms in total. The average molecular weight is 299 g/mol. The van der Waals surface area contributed by atoms with E-state index in [0.29, 0.717) is 10.9 Å². The first-order chi connectivity index (χ1) is 10.0. The molecule has 21 heavy (non-hydrogen) atoms.